The van der Waals surface area contributed by atoms with E-state index in [1.165, 1.54) is 16.7 Å². The molecule has 4 atom stereocenters. The molecule has 0 aromatic heterocycles. The highest BCUT2D eigenvalue weighted by atomic mass is 16.5. The van der Waals surface area contributed by atoms with Crippen LogP contribution in [0.2, 0.25) is 0 Å². The summed E-state index contributed by atoms with van der Waals surface area (Å²) in [4.78, 5) is 20.2. The quantitative estimate of drug-likeness (QED) is 0.759. The lowest BCUT2D eigenvalue weighted by atomic mass is 9.77. The number of hydrogen-bond donors (Lipinski definition) is 2. The Morgan fingerprint density at radius 1 is 1.21 bits per heavy atom. The number of rotatable bonds is 4. The first-order valence-electron chi connectivity index (χ1n) is 11.3. The molecule has 2 aliphatic heterocycles. The van der Waals surface area contributed by atoms with E-state index in [1.54, 1.807) is 0 Å². The zero-order valence-electron chi connectivity index (χ0n) is 17.6. The molecule has 6 nitrogen and oxygen atoms in total. The molecule has 1 saturated heterocycles. The summed E-state index contributed by atoms with van der Waals surface area (Å²) in [5.41, 5.74) is 3.96. The van der Waals surface area contributed by atoms with Gasteiger partial charge in [-0.05, 0) is 69.4 Å². The van der Waals surface area contributed by atoms with E-state index in [0.29, 0.717) is 0 Å². The Bertz CT molecular complexity index is 693. The number of amides is 1. The molecule has 2 aliphatic carbocycles. The number of aliphatic hydroxyl groups excluding tert-OH is 1. The van der Waals surface area contributed by atoms with Crippen molar-refractivity contribution >= 4 is 12.1 Å². The summed E-state index contributed by atoms with van der Waals surface area (Å²) in [5, 5.41) is 13.0. The van der Waals surface area contributed by atoms with Crippen molar-refractivity contribution in [1.29, 1.82) is 0 Å². The first kappa shape index (κ1) is 20.8. The molecule has 0 bridgehead atoms. The van der Waals surface area contributed by atoms with Gasteiger partial charge in [0.15, 0.2) is 0 Å². The minimum atomic E-state index is -0.200. The predicted octanol–water partition coefficient (Wildman–Crippen LogP) is 2.58. The molecule has 0 radical (unpaired) electrons. The van der Waals surface area contributed by atoms with Crippen LogP contribution in [0.5, 0.6) is 0 Å². The van der Waals surface area contributed by atoms with Crippen molar-refractivity contribution in [3.05, 3.63) is 22.8 Å². The largest absolute Gasteiger partial charge is 0.393 e. The Morgan fingerprint density at radius 2 is 2.03 bits per heavy atom. The van der Waals surface area contributed by atoms with Gasteiger partial charge in [-0.15, -0.1) is 0 Å². The minimum absolute atomic E-state index is 0.0307. The van der Waals surface area contributed by atoms with Crippen LogP contribution in [0.4, 0.5) is 0 Å². The second kappa shape index (κ2) is 9.54. The zero-order valence-corrected chi connectivity index (χ0v) is 17.6. The van der Waals surface area contributed by atoms with Crippen LogP contribution in [0.3, 0.4) is 0 Å². The van der Waals surface area contributed by atoms with Gasteiger partial charge in [0.25, 0.3) is 0 Å². The standard InChI is InChI=1S/C23H35N3O3/c1-16-20(17-5-8-19(27)9-6-17)3-2-4-21(16)23(28)25-18-7-10-22(24-15-18)26-11-13-29-14-12-26/h5,15,18-19,21-22,27H,2-4,6-14H2,1H3,(H,25,28). The highest BCUT2D eigenvalue weighted by Gasteiger charge is 2.30. The zero-order chi connectivity index (χ0) is 20.2. The highest BCUT2D eigenvalue weighted by Crippen LogP contribution is 2.37. The number of aliphatic imine (C=N–C) groups is 1. The fourth-order valence-electron chi connectivity index (χ4n) is 5.17. The fourth-order valence-corrected chi connectivity index (χ4v) is 5.17. The highest BCUT2D eigenvalue weighted by molar-refractivity contribution is 5.85. The lowest BCUT2D eigenvalue weighted by molar-refractivity contribution is -0.124. The fraction of sp³-hybridized carbons (Fsp3) is 0.739. The second-order valence-corrected chi connectivity index (χ2v) is 8.88. The molecule has 2 heterocycles. The number of aliphatic hydroxyl groups is 1. The third-order valence-corrected chi connectivity index (χ3v) is 6.97. The molecule has 0 aromatic carbocycles. The molecular formula is C23H35N3O3. The lowest BCUT2D eigenvalue weighted by Crippen LogP contribution is -2.47. The SMILES string of the molecule is CC1=C(C2=CCC(O)CC2)CCCC1C(=O)NC1C=NC(N2CCOCC2)CC1. The van der Waals surface area contributed by atoms with Crippen molar-refractivity contribution in [3.63, 3.8) is 0 Å². The summed E-state index contributed by atoms with van der Waals surface area (Å²) in [6.07, 6.45) is 11.7. The number of allylic oxidation sites excluding steroid dienone is 2. The van der Waals surface area contributed by atoms with Gasteiger partial charge < -0.3 is 15.2 Å². The van der Waals surface area contributed by atoms with E-state index in [4.69, 9.17) is 9.73 Å². The number of carbonyl (C=O) groups excluding carboxylic acids is 1. The van der Waals surface area contributed by atoms with Crippen LogP contribution in [0, 0.1) is 5.92 Å². The summed E-state index contributed by atoms with van der Waals surface area (Å²) in [5.74, 6) is 0.120. The van der Waals surface area contributed by atoms with E-state index < -0.39 is 0 Å². The molecule has 0 spiro atoms. The first-order chi connectivity index (χ1) is 14.1. The molecule has 4 aliphatic rings. The Morgan fingerprint density at radius 3 is 2.72 bits per heavy atom. The third-order valence-electron chi connectivity index (χ3n) is 6.97. The average Bonchev–Trinajstić information content (AvgIpc) is 2.76. The molecule has 2 N–H and O–H groups in total. The maximum Gasteiger partial charge on any atom is 0.227 e. The summed E-state index contributed by atoms with van der Waals surface area (Å²) in [6, 6.07) is 0.0435. The number of carbonyl (C=O) groups is 1. The summed E-state index contributed by atoms with van der Waals surface area (Å²) in [6.45, 7) is 5.60. The molecule has 6 heteroatoms. The molecule has 0 aromatic rings. The van der Waals surface area contributed by atoms with Gasteiger partial charge in [-0.2, -0.15) is 0 Å². The van der Waals surface area contributed by atoms with Gasteiger partial charge in [-0.1, -0.05) is 11.6 Å². The van der Waals surface area contributed by atoms with Crippen LogP contribution >= 0.6 is 0 Å². The lowest BCUT2D eigenvalue weighted by Gasteiger charge is -2.35. The average molecular weight is 402 g/mol. The molecular weight excluding hydrogens is 366 g/mol. The predicted molar refractivity (Wildman–Crippen MR) is 114 cm³/mol. The molecule has 4 rings (SSSR count). The van der Waals surface area contributed by atoms with Crippen molar-refractivity contribution in [2.75, 3.05) is 26.3 Å². The Labute approximate surface area is 174 Å². The van der Waals surface area contributed by atoms with Crippen LogP contribution in [-0.2, 0) is 9.53 Å². The number of morpholine rings is 1. The van der Waals surface area contributed by atoms with Crippen LogP contribution in [0.25, 0.3) is 0 Å². The van der Waals surface area contributed by atoms with Crippen molar-refractivity contribution in [1.82, 2.24) is 10.2 Å². The second-order valence-electron chi connectivity index (χ2n) is 8.88. The van der Waals surface area contributed by atoms with E-state index in [-0.39, 0.29) is 30.1 Å². The van der Waals surface area contributed by atoms with Crippen molar-refractivity contribution in [3.8, 4) is 0 Å². The van der Waals surface area contributed by atoms with Crippen LogP contribution in [-0.4, -0.2) is 66.7 Å². The first-order valence-corrected chi connectivity index (χ1v) is 11.3. The van der Waals surface area contributed by atoms with Crippen LogP contribution in [0.1, 0.15) is 58.3 Å². The van der Waals surface area contributed by atoms with E-state index in [2.05, 4.69) is 23.2 Å². The van der Waals surface area contributed by atoms with Gasteiger partial charge in [0.05, 0.1) is 31.3 Å². The Hall–Kier alpha value is -1.50. The Kier molecular flexibility index (Phi) is 6.83. The summed E-state index contributed by atoms with van der Waals surface area (Å²) in [7, 11) is 0. The van der Waals surface area contributed by atoms with Gasteiger partial charge in [0.2, 0.25) is 5.91 Å². The van der Waals surface area contributed by atoms with Gasteiger partial charge in [-0.25, -0.2) is 0 Å². The monoisotopic (exact) mass is 401 g/mol. The molecule has 4 unspecified atom stereocenters. The third kappa shape index (κ3) is 4.98. The number of hydrogen-bond acceptors (Lipinski definition) is 5. The molecule has 1 fully saturated rings. The van der Waals surface area contributed by atoms with Gasteiger partial charge >= 0.3 is 0 Å². The van der Waals surface area contributed by atoms with Crippen molar-refractivity contribution in [2.24, 2.45) is 10.9 Å². The normalized spacial score (nSPS) is 34.1. The summed E-state index contributed by atoms with van der Waals surface area (Å²) < 4.78 is 5.43. The van der Waals surface area contributed by atoms with Crippen molar-refractivity contribution < 1.29 is 14.6 Å². The molecule has 29 heavy (non-hydrogen) atoms. The van der Waals surface area contributed by atoms with E-state index in [9.17, 15) is 9.90 Å². The van der Waals surface area contributed by atoms with Gasteiger partial charge in [-0.3, -0.25) is 14.7 Å². The summed E-state index contributed by atoms with van der Waals surface area (Å²) >= 11 is 0. The van der Waals surface area contributed by atoms with E-state index >= 15 is 0 Å². The van der Waals surface area contributed by atoms with Crippen molar-refractivity contribution in [2.45, 2.75) is 76.6 Å². The Balaban J connectivity index is 1.36. The molecule has 160 valence electrons. The number of nitrogens with zero attached hydrogens (tertiary/aromatic N) is 2. The smallest absolute Gasteiger partial charge is 0.227 e. The maximum atomic E-state index is 13.0. The molecule has 1 amide bonds. The van der Waals surface area contributed by atoms with Crippen LogP contribution < -0.4 is 5.32 Å². The van der Waals surface area contributed by atoms with E-state index in [0.717, 1.165) is 77.7 Å². The molecule has 0 saturated carbocycles. The topological polar surface area (TPSA) is 74.2 Å². The van der Waals surface area contributed by atoms with Gasteiger partial charge in [0, 0.05) is 19.3 Å². The van der Waals surface area contributed by atoms with E-state index in [1.807, 2.05) is 6.21 Å². The number of ether oxygens (including phenoxy) is 1. The minimum Gasteiger partial charge on any atom is -0.393 e. The maximum absolute atomic E-state index is 13.0. The number of nitrogens with one attached hydrogen (secondary N) is 1. The van der Waals surface area contributed by atoms with Crippen LogP contribution in [0.15, 0.2) is 27.8 Å². The van der Waals surface area contributed by atoms with Gasteiger partial charge in [0.1, 0.15) is 6.17 Å².